The van der Waals surface area contributed by atoms with Crippen molar-refractivity contribution in [3.63, 3.8) is 0 Å². The number of pyridine rings is 1. The molecule has 0 radical (unpaired) electrons. The molecule has 5 rings (SSSR count). The molecule has 0 fully saturated rings. The van der Waals surface area contributed by atoms with Crippen molar-refractivity contribution < 1.29 is 9.53 Å². The van der Waals surface area contributed by atoms with Crippen molar-refractivity contribution in [3.05, 3.63) is 91.3 Å². The molecule has 0 aliphatic carbocycles. The van der Waals surface area contributed by atoms with Gasteiger partial charge in [0.05, 0.1) is 11.4 Å². The summed E-state index contributed by atoms with van der Waals surface area (Å²) < 4.78 is 5.11. The van der Waals surface area contributed by atoms with Gasteiger partial charge in [-0.25, -0.2) is 9.78 Å². The molecule has 0 atom stereocenters. The fourth-order valence-corrected chi connectivity index (χ4v) is 3.67. The Labute approximate surface area is 178 Å². The Hall–Kier alpha value is -4.45. The van der Waals surface area contributed by atoms with Crippen molar-refractivity contribution in [1.29, 1.82) is 0 Å². The lowest BCUT2D eigenvalue weighted by molar-refractivity contribution is 0.211. The van der Waals surface area contributed by atoms with Crippen LogP contribution in [0, 0.1) is 0 Å². The number of H-pyrrole nitrogens is 1. The van der Waals surface area contributed by atoms with Gasteiger partial charge in [-0.1, -0.05) is 54.6 Å². The van der Waals surface area contributed by atoms with Crippen molar-refractivity contribution in [3.8, 4) is 39.7 Å². The van der Waals surface area contributed by atoms with Crippen LogP contribution in [0.25, 0.3) is 44.7 Å². The lowest BCUT2D eigenvalue weighted by Gasteiger charge is -2.09. The molecule has 6 heteroatoms. The van der Waals surface area contributed by atoms with Crippen LogP contribution in [0.5, 0.6) is 5.75 Å². The number of fused-ring (bicyclic) bond motifs is 1. The van der Waals surface area contributed by atoms with Gasteiger partial charge in [0, 0.05) is 29.1 Å². The predicted molar refractivity (Wildman–Crippen MR) is 120 cm³/mol. The largest absolute Gasteiger partial charge is 0.410 e. The van der Waals surface area contributed by atoms with E-state index in [0.29, 0.717) is 5.75 Å². The average Bonchev–Trinajstić information content (AvgIpc) is 3.25. The fourth-order valence-electron chi connectivity index (χ4n) is 3.67. The number of hydrogen-bond donors (Lipinski definition) is 2. The highest BCUT2D eigenvalue weighted by molar-refractivity contribution is 6.00. The van der Waals surface area contributed by atoms with Crippen LogP contribution in [0.3, 0.4) is 0 Å². The number of nitrogens with zero attached hydrogens (tertiary/aromatic N) is 2. The highest BCUT2D eigenvalue weighted by Gasteiger charge is 2.17. The van der Waals surface area contributed by atoms with E-state index in [-0.39, 0.29) is 0 Å². The first-order valence-electron chi connectivity index (χ1n) is 9.75. The SMILES string of the molecule is NC(=O)Oc1ccc2cccc(-c3[nH]c(-c4ccccc4)nc3-c3ccncc3)c2c1. The third-order valence-corrected chi connectivity index (χ3v) is 5.05. The zero-order chi connectivity index (χ0) is 21.2. The van der Waals surface area contributed by atoms with Crippen LogP contribution in [-0.4, -0.2) is 21.0 Å². The number of ether oxygens (including phenoxy) is 1. The molecular weight excluding hydrogens is 388 g/mol. The number of benzene rings is 3. The van der Waals surface area contributed by atoms with Gasteiger partial charge in [0.25, 0.3) is 0 Å². The number of hydrogen-bond acceptors (Lipinski definition) is 4. The molecule has 0 aliphatic rings. The first kappa shape index (κ1) is 18.6. The van der Waals surface area contributed by atoms with Gasteiger partial charge in [-0.2, -0.15) is 0 Å². The molecule has 150 valence electrons. The second kappa shape index (κ2) is 7.76. The number of imidazole rings is 1. The molecular formula is C25H18N4O2. The Morgan fingerprint density at radius 1 is 0.871 bits per heavy atom. The molecule has 2 heterocycles. The average molecular weight is 406 g/mol. The van der Waals surface area contributed by atoms with Gasteiger partial charge in [0.15, 0.2) is 0 Å². The fraction of sp³-hybridized carbons (Fsp3) is 0. The van der Waals surface area contributed by atoms with Gasteiger partial charge in [-0.05, 0) is 35.0 Å². The summed E-state index contributed by atoms with van der Waals surface area (Å²) in [5, 5.41) is 1.92. The molecule has 0 unspecified atom stereocenters. The molecule has 0 spiro atoms. The van der Waals surface area contributed by atoms with Gasteiger partial charge < -0.3 is 15.5 Å². The highest BCUT2D eigenvalue weighted by Crippen LogP contribution is 2.37. The van der Waals surface area contributed by atoms with Gasteiger partial charge in [0.2, 0.25) is 0 Å². The summed E-state index contributed by atoms with van der Waals surface area (Å²) in [6.07, 6.45) is 2.65. The van der Waals surface area contributed by atoms with E-state index in [4.69, 9.17) is 15.5 Å². The van der Waals surface area contributed by atoms with E-state index in [1.807, 2.05) is 72.8 Å². The Kier molecular flexibility index (Phi) is 4.65. The summed E-state index contributed by atoms with van der Waals surface area (Å²) in [6, 6.07) is 25.3. The maximum absolute atomic E-state index is 11.2. The Balaban J connectivity index is 1.75. The predicted octanol–water partition coefficient (Wildman–Crippen LogP) is 5.42. The second-order valence-electron chi connectivity index (χ2n) is 7.02. The summed E-state index contributed by atoms with van der Waals surface area (Å²) in [6.45, 7) is 0. The Morgan fingerprint density at radius 2 is 1.68 bits per heavy atom. The number of nitrogens with two attached hydrogens (primary N) is 1. The first-order chi connectivity index (χ1) is 15.2. The van der Waals surface area contributed by atoms with Crippen LogP contribution >= 0.6 is 0 Å². The molecule has 5 aromatic rings. The van der Waals surface area contributed by atoms with Crippen LogP contribution < -0.4 is 10.5 Å². The molecule has 6 nitrogen and oxygen atoms in total. The highest BCUT2D eigenvalue weighted by atomic mass is 16.5. The number of aromatic nitrogens is 3. The summed E-state index contributed by atoms with van der Waals surface area (Å²) in [5.74, 6) is 1.16. The van der Waals surface area contributed by atoms with Crippen molar-refractivity contribution in [2.45, 2.75) is 0 Å². The van der Waals surface area contributed by atoms with Crippen molar-refractivity contribution in [2.75, 3.05) is 0 Å². The minimum atomic E-state index is -0.845. The first-order valence-corrected chi connectivity index (χ1v) is 9.75. The summed E-state index contributed by atoms with van der Waals surface area (Å²) in [4.78, 5) is 23.8. The molecule has 0 bridgehead atoms. The van der Waals surface area contributed by atoms with E-state index in [9.17, 15) is 4.79 Å². The smallest absolute Gasteiger partial charge is 0.409 e. The van der Waals surface area contributed by atoms with E-state index in [0.717, 1.165) is 44.7 Å². The molecule has 2 aromatic heterocycles. The molecule has 0 saturated carbocycles. The zero-order valence-electron chi connectivity index (χ0n) is 16.4. The Bertz CT molecular complexity index is 1380. The molecule has 0 aliphatic heterocycles. The van der Waals surface area contributed by atoms with Gasteiger partial charge in [-0.3, -0.25) is 4.98 Å². The standard InChI is InChI=1S/C25H18N4O2/c26-25(30)31-19-10-9-16-7-4-8-20(21(16)15-19)23-22(17-11-13-27-14-12-17)28-24(29-23)18-5-2-1-3-6-18/h1-15H,(H2,26,30)(H,28,29). The summed E-state index contributed by atoms with van der Waals surface area (Å²) in [5.41, 5.74) is 9.76. The third-order valence-electron chi connectivity index (χ3n) is 5.05. The van der Waals surface area contributed by atoms with Gasteiger partial charge in [-0.15, -0.1) is 0 Å². The molecule has 0 saturated heterocycles. The van der Waals surface area contributed by atoms with E-state index in [1.54, 1.807) is 18.5 Å². The quantitative estimate of drug-likeness (QED) is 0.417. The van der Waals surface area contributed by atoms with Crippen LogP contribution in [0.2, 0.25) is 0 Å². The lowest BCUT2D eigenvalue weighted by Crippen LogP contribution is -2.16. The number of carbonyl (C=O) groups excluding carboxylic acids is 1. The maximum Gasteiger partial charge on any atom is 0.409 e. The number of nitrogens with one attached hydrogen (secondary N) is 1. The zero-order valence-corrected chi connectivity index (χ0v) is 16.4. The van der Waals surface area contributed by atoms with Crippen LogP contribution in [0.1, 0.15) is 0 Å². The third kappa shape index (κ3) is 3.62. The Morgan fingerprint density at radius 3 is 2.45 bits per heavy atom. The second-order valence-corrected chi connectivity index (χ2v) is 7.02. The van der Waals surface area contributed by atoms with Crippen LogP contribution in [-0.2, 0) is 0 Å². The van der Waals surface area contributed by atoms with Crippen LogP contribution in [0.15, 0.2) is 91.3 Å². The molecule has 3 aromatic carbocycles. The number of rotatable bonds is 4. The summed E-state index contributed by atoms with van der Waals surface area (Å²) >= 11 is 0. The minimum absolute atomic E-state index is 0.390. The van der Waals surface area contributed by atoms with Crippen molar-refractivity contribution in [2.24, 2.45) is 5.73 Å². The number of amides is 1. The van der Waals surface area contributed by atoms with Crippen molar-refractivity contribution >= 4 is 16.9 Å². The normalized spacial score (nSPS) is 10.8. The topological polar surface area (TPSA) is 93.9 Å². The van der Waals surface area contributed by atoms with Gasteiger partial charge >= 0.3 is 6.09 Å². The van der Waals surface area contributed by atoms with Crippen molar-refractivity contribution in [1.82, 2.24) is 15.0 Å². The van der Waals surface area contributed by atoms with Gasteiger partial charge in [0.1, 0.15) is 11.6 Å². The van der Waals surface area contributed by atoms with E-state index in [2.05, 4.69) is 9.97 Å². The van der Waals surface area contributed by atoms with E-state index < -0.39 is 6.09 Å². The molecule has 31 heavy (non-hydrogen) atoms. The minimum Gasteiger partial charge on any atom is -0.410 e. The van der Waals surface area contributed by atoms with E-state index in [1.165, 1.54) is 0 Å². The van der Waals surface area contributed by atoms with Crippen LogP contribution in [0.4, 0.5) is 4.79 Å². The molecule has 3 N–H and O–H groups in total. The number of aromatic amines is 1. The number of carbonyl (C=O) groups is 1. The lowest BCUT2D eigenvalue weighted by atomic mass is 9.99. The molecule has 1 amide bonds. The number of primary amides is 1. The van der Waals surface area contributed by atoms with E-state index >= 15 is 0 Å². The summed E-state index contributed by atoms with van der Waals surface area (Å²) in [7, 11) is 0. The maximum atomic E-state index is 11.2. The monoisotopic (exact) mass is 406 g/mol.